The SMILES string of the molecule is CC(C)CCCCCCCC(COC(=O)/C=C/C(=O)O)Oc1ccc(C(=O)C(C)(C)O)cc1. The molecular weight excluding hydrogens is 424 g/mol. The maximum atomic E-state index is 12.2. The highest BCUT2D eigenvalue weighted by Gasteiger charge is 2.25. The molecule has 0 amide bonds. The van der Waals surface area contributed by atoms with Gasteiger partial charge in [-0.15, -0.1) is 0 Å². The molecule has 0 aliphatic carbocycles. The molecule has 1 aromatic rings. The third-order valence-corrected chi connectivity index (χ3v) is 5.06. The number of carboxylic acids is 1. The van der Waals surface area contributed by atoms with Gasteiger partial charge in [0.25, 0.3) is 0 Å². The van der Waals surface area contributed by atoms with E-state index in [0.29, 0.717) is 17.7 Å². The van der Waals surface area contributed by atoms with Crippen molar-refractivity contribution in [2.45, 2.75) is 84.3 Å². The number of Topliss-reactive ketones (excluding diaryl/α,β-unsaturated/α-hetero) is 1. The van der Waals surface area contributed by atoms with E-state index in [1.807, 2.05) is 0 Å². The molecule has 0 bridgehead atoms. The Morgan fingerprint density at radius 3 is 2.06 bits per heavy atom. The molecular formula is C26H38O7. The molecule has 0 aliphatic rings. The van der Waals surface area contributed by atoms with Crippen LogP contribution in [0, 0.1) is 5.92 Å². The molecule has 7 nitrogen and oxygen atoms in total. The zero-order chi connectivity index (χ0) is 24.9. The molecule has 0 saturated heterocycles. The van der Waals surface area contributed by atoms with Gasteiger partial charge in [-0.1, -0.05) is 46.0 Å². The lowest BCUT2D eigenvalue weighted by molar-refractivity contribution is -0.141. The van der Waals surface area contributed by atoms with Crippen molar-refractivity contribution in [1.82, 2.24) is 0 Å². The molecule has 2 N–H and O–H groups in total. The van der Waals surface area contributed by atoms with Crippen molar-refractivity contribution in [2.24, 2.45) is 5.92 Å². The van der Waals surface area contributed by atoms with Crippen LogP contribution >= 0.6 is 0 Å². The molecule has 0 fully saturated rings. The highest BCUT2D eigenvalue weighted by atomic mass is 16.6. The zero-order valence-electron chi connectivity index (χ0n) is 20.2. The number of aliphatic carboxylic acids is 1. The van der Waals surface area contributed by atoms with Crippen LogP contribution in [-0.2, 0) is 14.3 Å². The molecule has 1 aromatic carbocycles. The van der Waals surface area contributed by atoms with Gasteiger partial charge >= 0.3 is 11.9 Å². The van der Waals surface area contributed by atoms with Crippen LogP contribution in [-0.4, -0.2) is 46.2 Å². The van der Waals surface area contributed by atoms with E-state index in [9.17, 15) is 19.5 Å². The van der Waals surface area contributed by atoms with E-state index >= 15 is 0 Å². The lowest BCUT2D eigenvalue weighted by Gasteiger charge is -2.20. The Morgan fingerprint density at radius 2 is 1.52 bits per heavy atom. The number of esters is 1. The summed E-state index contributed by atoms with van der Waals surface area (Å²) in [6.07, 6.45) is 8.60. The lowest BCUT2D eigenvalue weighted by atomic mass is 9.97. The molecule has 33 heavy (non-hydrogen) atoms. The Bertz CT molecular complexity index is 773. The minimum atomic E-state index is -1.46. The first kappa shape index (κ1) is 28.4. The smallest absolute Gasteiger partial charge is 0.331 e. The summed E-state index contributed by atoms with van der Waals surface area (Å²) >= 11 is 0. The number of rotatable bonds is 16. The normalized spacial score (nSPS) is 12.7. The van der Waals surface area contributed by atoms with E-state index in [2.05, 4.69) is 13.8 Å². The Labute approximate surface area is 196 Å². The maximum absolute atomic E-state index is 12.2. The van der Waals surface area contributed by atoms with E-state index in [0.717, 1.165) is 37.3 Å². The van der Waals surface area contributed by atoms with E-state index in [4.69, 9.17) is 14.6 Å². The number of carbonyl (C=O) groups excluding carboxylic acids is 2. The van der Waals surface area contributed by atoms with E-state index in [-0.39, 0.29) is 12.4 Å². The third kappa shape index (κ3) is 12.8. The Balaban J connectivity index is 2.65. The summed E-state index contributed by atoms with van der Waals surface area (Å²) in [5.74, 6) is -1.12. The predicted molar refractivity (Wildman–Crippen MR) is 126 cm³/mol. The van der Waals surface area contributed by atoms with Crippen molar-refractivity contribution in [3.63, 3.8) is 0 Å². The van der Waals surface area contributed by atoms with Gasteiger partial charge in [-0.05, 0) is 56.9 Å². The van der Waals surface area contributed by atoms with Crippen molar-refractivity contribution in [3.05, 3.63) is 42.0 Å². The van der Waals surface area contributed by atoms with Crippen molar-refractivity contribution < 1.29 is 34.1 Å². The first-order valence-corrected chi connectivity index (χ1v) is 11.6. The van der Waals surface area contributed by atoms with E-state index < -0.39 is 23.6 Å². The van der Waals surface area contributed by atoms with Crippen LogP contribution in [0.25, 0.3) is 0 Å². The fourth-order valence-corrected chi connectivity index (χ4v) is 3.22. The van der Waals surface area contributed by atoms with E-state index in [1.165, 1.54) is 33.1 Å². The standard InChI is InChI=1S/C26H38O7/c1-19(2)10-8-6-5-7-9-11-22(18-32-24(29)17-16-23(27)28)33-21-14-12-20(13-15-21)25(30)26(3,4)31/h12-17,19,22,31H,5-11,18H2,1-4H3,(H,27,28)/b17-16+. The quantitative estimate of drug-likeness (QED) is 0.155. The molecule has 1 unspecified atom stereocenters. The molecule has 1 atom stereocenters. The molecule has 0 radical (unpaired) electrons. The van der Waals surface area contributed by atoms with Crippen molar-refractivity contribution >= 4 is 17.7 Å². The molecule has 7 heteroatoms. The number of aliphatic hydroxyl groups is 1. The van der Waals surface area contributed by atoms with Gasteiger partial charge in [0.1, 0.15) is 24.1 Å². The monoisotopic (exact) mass is 462 g/mol. The van der Waals surface area contributed by atoms with Crippen molar-refractivity contribution in [3.8, 4) is 5.75 Å². The molecule has 0 aromatic heterocycles. The van der Waals surface area contributed by atoms with Gasteiger partial charge in [-0.25, -0.2) is 9.59 Å². The first-order chi connectivity index (χ1) is 15.5. The average Bonchev–Trinajstić information content (AvgIpc) is 2.74. The van der Waals surface area contributed by atoms with Crippen LogP contribution < -0.4 is 4.74 Å². The fraction of sp³-hybridized carbons (Fsp3) is 0.577. The highest BCUT2D eigenvalue weighted by molar-refractivity contribution is 6.01. The zero-order valence-corrected chi connectivity index (χ0v) is 20.2. The van der Waals surface area contributed by atoms with Crippen molar-refractivity contribution in [1.29, 1.82) is 0 Å². The van der Waals surface area contributed by atoms with Crippen LogP contribution in [0.2, 0.25) is 0 Å². The van der Waals surface area contributed by atoms with Gasteiger partial charge in [-0.2, -0.15) is 0 Å². The van der Waals surface area contributed by atoms with Crippen LogP contribution in [0.1, 0.15) is 83.0 Å². The number of benzene rings is 1. The third-order valence-electron chi connectivity index (χ3n) is 5.06. The molecule has 0 saturated carbocycles. The van der Waals surface area contributed by atoms with Crippen LogP contribution in [0.3, 0.4) is 0 Å². The fourth-order valence-electron chi connectivity index (χ4n) is 3.22. The largest absolute Gasteiger partial charge is 0.487 e. The minimum absolute atomic E-state index is 0.0134. The maximum Gasteiger partial charge on any atom is 0.331 e. The van der Waals surface area contributed by atoms with Crippen LogP contribution in [0.4, 0.5) is 0 Å². The summed E-state index contributed by atoms with van der Waals surface area (Å²) < 4.78 is 11.1. The van der Waals surface area contributed by atoms with Crippen LogP contribution in [0.15, 0.2) is 36.4 Å². The summed E-state index contributed by atoms with van der Waals surface area (Å²) in [4.78, 5) is 34.5. The lowest BCUT2D eigenvalue weighted by Crippen LogP contribution is -2.31. The summed E-state index contributed by atoms with van der Waals surface area (Å²) in [5.41, 5.74) is -1.09. The number of ether oxygens (including phenoxy) is 2. The second kappa shape index (κ2) is 14.5. The second-order valence-corrected chi connectivity index (χ2v) is 9.19. The molecule has 184 valence electrons. The number of ketones is 1. The topological polar surface area (TPSA) is 110 Å². The Kier molecular flexibility index (Phi) is 12.4. The predicted octanol–water partition coefficient (Wildman–Crippen LogP) is 4.96. The number of carbonyl (C=O) groups is 3. The van der Waals surface area contributed by atoms with Gasteiger partial charge in [-0.3, -0.25) is 4.79 Å². The summed E-state index contributed by atoms with van der Waals surface area (Å²) in [6.45, 7) is 7.31. The molecule has 1 rings (SSSR count). The summed E-state index contributed by atoms with van der Waals surface area (Å²) in [5, 5.41) is 18.5. The molecule has 0 heterocycles. The highest BCUT2D eigenvalue weighted by Crippen LogP contribution is 2.20. The first-order valence-electron chi connectivity index (χ1n) is 11.6. The van der Waals surface area contributed by atoms with Gasteiger partial charge < -0.3 is 19.7 Å². The number of carboxylic acid groups (broad SMARTS) is 1. The van der Waals surface area contributed by atoms with Gasteiger partial charge in [0.2, 0.25) is 0 Å². The van der Waals surface area contributed by atoms with Crippen LogP contribution in [0.5, 0.6) is 5.75 Å². The van der Waals surface area contributed by atoms with Gasteiger partial charge in [0.15, 0.2) is 5.78 Å². The van der Waals surface area contributed by atoms with Gasteiger partial charge in [0, 0.05) is 17.7 Å². The summed E-state index contributed by atoms with van der Waals surface area (Å²) in [6, 6.07) is 6.46. The molecule has 0 aliphatic heterocycles. The number of hydrogen-bond acceptors (Lipinski definition) is 6. The minimum Gasteiger partial charge on any atom is -0.487 e. The Hall–Kier alpha value is -2.67. The van der Waals surface area contributed by atoms with Gasteiger partial charge in [0.05, 0.1) is 0 Å². The van der Waals surface area contributed by atoms with E-state index in [1.54, 1.807) is 24.3 Å². The number of unbranched alkanes of at least 4 members (excludes halogenated alkanes) is 4. The average molecular weight is 463 g/mol. The number of hydrogen-bond donors (Lipinski definition) is 2. The van der Waals surface area contributed by atoms with Crippen molar-refractivity contribution in [2.75, 3.05) is 6.61 Å². The Morgan fingerprint density at radius 1 is 0.939 bits per heavy atom. The second-order valence-electron chi connectivity index (χ2n) is 9.19. The molecule has 0 spiro atoms. The summed E-state index contributed by atoms with van der Waals surface area (Å²) in [7, 11) is 0.